The number of rotatable bonds is 20. The van der Waals surface area contributed by atoms with E-state index in [-0.39, 0.29) is 207 Å². The van der Waals surface area contributed by atoms with Crippen molar-refractivity contribution in [3.05, 3.63) is 0 Å². The Labute approximate surface area is 722 Å². The Kier molecular flexibility index (Phi) is 56.9. The lowest BCUT2D eigenvalue weighted by Gasteiger charge is -2.67. The first-order valence-electron chi connectivity index (χ1n) is 42.8. The van der Waals surface area contributed by atoms with E-state index in [4.69, 9.17) is 28.4 Å². The molecule has 0 N–H and O–H groups in total. The molecular formula is C103H212O12. The molecule has 0 aliphatic heterocycles. The molecule has 6 bridgehead atoms. The third-order valence-corrected chi connectivity index (χ3v) is 30.8. The van der Waals surface area contributed by atoms with Gasteiger partial charge >= 0.3 is 35.8 Å². The predicted molar refractivity (Wildman–Crippen MR) is 504 cm³/mol. The van der Waals surface area contributed by atoms with Crippen LogP contribution < -0.4 is 0 Å². The average molecular weight is 1640 g/mol. The van der Waals surface area contributed by atoms with E-state index in [1.807, 2.05) is 125 Å². The van der Waals surface area contributed by atoms with Crippen molar-refractivity contribution in [1.29, 1.82) is 0 Å². The third-order valence-electron chi connectivity index (χ3n) is 30.8. The topological polar surface area (TPSA) is 158 Å². The zero-order valence-corrected chi connectivity index (χ0v) is 72.9. The maximum absolute atomic E-state index is 12.5. The van der Waals surface area contributed by atoms with Crippen molar-refractivity contribution < 1.29 is 57.2 Å². The van der Waals surface area contributed by atoms with Gasteiger partial charge in [0, 0.05) is 16.2 Å². The standard InChI is InChI=1S/C17H30O2.C15H26O2.C15H28O2.2C14H24O2.C14H26O2.C2H6.12CH4/c1-8-14(2,3)13(18)19-17(7)15(4,5)12-9-10-16(17,6)11-12;1-5-14(3,4)13(16)17-15(6-2)10-11-7-8-12(15)9-11;1-5-14(3,4)13(16)17-15(6-2)11-9-7-8-10-12-15;1-6-12(2,3)11(15)16-14(5)9-10-7-8-13(10,14)4;1-5-13(2,3)12(15)16-14(4)9-10-6-7-11(14)8-10;1-5-13(2,3)12(15)16-14(4)10-8-6-7-9-11-14;1-2;;;;;;;;;;;;/h12H,8-11H2,1-7H3;11-12H,5-10H2,1-4H3;5-12H2,1-4H3;10H,6-9H2,1-5H3;10-11H,5-9H2,1-4H3;5-11H2,1-4H3;1-2H3;12*1H4. The smallest absolute Gasteiger partial charge is 0.312 e. The Morgan fingerprint density at radius 3 is 0.948 bits per heavy atom. The summed E-state index contributed by atoms with van der Waals surface area (Å²) in [6.07, 6.45) is 38.3. The van der Waals surface area contributed by atoms with Crippen LogP contribution in [0.1, 0.15) is 515 Å². The minimum absolute atomic E-state index is 0. The predicted octanol–water partition coefficient (Wildman–Crippen LogP) is 32.8. The first-order valence-corrected chi connectivity index (χ1v) is 42.8. The molecule has 696 valence electrons. The summed E-state index contributed by atoms with van der Waals surface area (Å²) in [6.45, 7) is 62.1. The second kappa shape index (κ2) is 50.4. The lowest BCUT2D eigenvalue weighted by molar-refractivity contribution is -0.265. The van der Waals surface area contributed by atoms with Crippen molar-refractivity contribution >= 4 is 35.8 Å². The Morgan fingerprint density at radius 2 is 0.652 bits per heavy atom. The molecule has 10 aliphatic carbocycles. The van der Waals surface area contributed by atoms with Crippen LogP contribution in [0.2, 0.25) is 0 Å². The van der Waals surface area contributed by atoms with Gasteiger partial charge in [0.1, 0.15) is 33.6 Å². The highest BCUT2D eigenvalue weighted by Gasteiger charge is 2.70. The van der Waals surface area contributed by atoms with E-state index < -0.39 is 0 Å². The molecular weight excluding hydrogens is 1430 g/mol. The number of esters is 6. The highest BCUT2D eigenvalue weighted by atomic mass is 16.6. The minimum Gasteiger partial charge on any atom is -0.459 e. The largest absolute Gasteiger partial charge is 0.459 e. The SMILES string of the molecule is C.C.C.C.C.C.C.C.C.C.C.C.CC.CCC(C)(C)C(=O)OC1(C)C2(C)CCC(C2)C1(C)C.CCC(C)(C)C(=O)OC1(C)CC2CCC1C2.CCC(C)(C)C(=O)OC1(C)CC2CCC21C.CCC(C)(C)C(=O)OC1(C)CCCCCC1.CCC(C)(C)C(=O)OC1(CC)CC2CCC1C2.CCC1(OC(=O)C(C)(C)CC)CCCCCC1. The molecule has 0 aromatic carbocycles. The number of hydrogen-bond donors (Lipinski definition) is 0. The molecule has 115 heavy (non-hydrogen) atoms. The van der Waals surface area contributed by atoms with Crippen molar-refractivity contribution in [3.63, 3.8) is 0 Å². The zero-order chi connectivity index (χ0) is 78.7. The van der Waals surface area contributed by atoms with Crippen molar-refractivity contribution in [2.24, 2.45) is 84.2 Å². The van der Waals surface area contributed by atoms with Crippen molar-refractivity contribution in [3.8, 4) is 0 Å². The van der Waals surface area contributed by atoms with Crippen LogP contribution in [0.15, 0.2) is 0 Å². The lowest BCUT2D eigenvalue weighted by atomic mass is 9.41. The summed E-state index contributed by atoms with van der Waals surface area (Å²) >= 11 is 0. The van der Waals surface area contributed by atoms with E-state index in [0.717, 1.165) is 114 Å². The Balaban J connectivity index is -0.000000163. The first-order chi connectivity index (χ1) is 47.4. The van der Waals surface area contributed by atoms with Crippen LogP contribution in [0.25, 0.3) is 0 Å². The van der Waals surface area contributed by atoms with Gasteiger partial charge in [0.25, 0.3) is 0 Å². The summed E-state index contributed by atoms with van der Waals surface area (Å²) in [5.41, 5.74) is -2.72. The molecule has 0 saturated heterocycles. The van der Waals surface area contributed by atoms with Gasteiger partial charge in [0.15, 0.2) is 0 Å². The van der Waals surface area contributed by atoms with Crippen molar-refractivity contribution in [2.45, 2.75) is 549 Å². The Morgan fingerprint density at radius 1 is 0.313 bits per heavy atom. The fourth-order valence-electron chi connectivity index (χ4n) is 18.3. The van der Waals surface area contributed by atoms with Gasteiger partial charge in [0.05, 0.1) is 32.5 Å². The summed E-state index contributed by atoms with van der Waals surface area (Å²) in [5, 5.41) is 0. The molecule has 10 fully saturated rings. The molecule has 10 aliphatic rings. The van der Waals surface area contributed by atoms with Gasteiger partial charge < -0.3 is 28.4 Å². The number of hydrogen-bond acceptors (Lipinski definition) is 12. The van der Waals surface area contributed by atoms with Crippen LogP contribution in [0.3, 0.4) is 0 Å². The normalized spacial score (nSPS) is 29.2. The molecule has 12 atom stereocenters. The maximum Gasteiger partial charge on any atom is 0.312 e. The molecule has 0 amide bonds. The van der Waals surface area contributed by atoms with E-state index in [1.54, 1.807) is 0 Å². The fourth-order valence-corrected chi connectivity index (χ4v) is 18.3. The molecule has 10 rings (SSSR count). The van der Waals surface area contributed by atoms with E-state index >= 15 is 0 Å². The molecule has 0 aromatic rings. The van der Waals surface area contributed by atoms with Gasteiger partial charge in [-0.3, -0.25) is 28.8 Å². The first kappa shape index (κ1) is 130. The number of fused-ring (bicyclic) bond motifs is 7. The lowest BCUT2D eigenvalue weighted by Crippen LogP contribution is -2.68. The van der Waals surface area contributed by atoms with Crippen LogP contribution >= 0.6 is 0 Å². The molecule has 0 radical (unpaired) electrons. The highest BCUT2D eigenvalue weighted by Crippen LogP contribution is 2.70. The summed E-state index contributed by atoms with van der Waals surface area (Å²) in [6, 6.07) is 0. The Hall–Kier alpha value is -3.18. The molecule has 0 heterocycles. The van der Waals surface area contributed by atoms with Gasteiger partial charge in [-0.05, 0) is 339 Å². The van der Waals surface area contributed by atoms with E-state index in [9.17, 15) is 28.8 Å². The van der Waals surface area contributed by atoms with Crippen LogP contribution in [0.5, 0.6) is 0 Å². The molecule has 12 nitrogen and oxygen atoms in total. The fraction of sp³-hybridized carbons (Fsp3) is 0.942. The van der Waals surface area contributed by atoms with Gasteiger partial charge in [-0.1, -0.05) is 212 Å². The number of carbonyl (C=O) groups is 6. The van der Waals surface area contributed by atoms with Crippen LogP contribution in [0, 0.1) is 84.2 Å². The summed E-state index contributed by atoms with van der Waals surface area (Å²) in [5.74, 6) is 4.29. The molecule has 12 unspecified atom stereocenters. The number of ether oxygens (including phenoxy) is 6. The van der Waals surface area contributed by atoms with Gasteiger partial charge in [-0.2, -0.15) is 0 Å². The van der Waals surface area contributed by atoms with E-state index in [1.165, 1.54) is 122 Å². The summed E-state index contributed by atoms with van der Waals surface area (Å²) in [4.78, 5) is 73.3. The maximum atomic E-state index is 12.5. The van der Waals surface area contributed by atoms with Crippen molar-refractivity contribution in [1.82, 2.24) is 0 Å². The van der Waals surface area contributed by atoms with Crippen LogP contribution in [-0.2, 0) is 57.2 Å². The third kappa shape index (κ3) is 29.8. The molecule has 10 saturated carbocycles. The van der Waals surface area contributed by atoms with Gasteiger partial charge in [-0.15, -0.1) is 0 Å². The average Bonchev–Trinajstić information content (AvgIpc) is 1.60. The van der Waals surface area contributed by atoms with E-state index in [0.29, 0.717) is 17.8 Å². The molecule has 0 aromatic heterocycles. The Bertz CT molecular complexity index is 2720. The molecule has 0 spiro atoms. The second-order valence-corrected chi connectivity index (χ2v) is 40.3. The quantitative estimate of drug-likeness (QED) is 0.0646. The summed E-state index contributed by atoms with van der Waals surface area (Å²) in [7, 11) is 0. The highest BCUT2D eigenvalue weighted by molar-refractivity contribution is 5.79. The number of carbonyl (C=O) groups excluding carboxylic acids is 6. The van der Waals surface area contributed by atoms with Crippen molar-refractivity contribution in [2.75, 3.05) is 0 Å². The zero-order valence-electron chi connectivity index (χ0n) is 72.9. The minimum atomic E-state index is -0.378. The van der Waals surface area contributed by atoms with E-state index in [2.05, 4.69) is 83.1 Å². The van der Waals surface area contributed by atoms with Gasteiger partial charge in [0.2, 0.25) is 0 Å². The summed E-state index contributed by atoms with van der Waals surface area (Å²) < 4.78 is 35.5. The van der Waals surface area contributed by atoms with Gasteiger partial charge in [-0.25, -0.2) is 0 Å². The molecule has 12 heteroatoms. The monoisotopic (exact) mass is 1640 g/mol. The second-order valence-electron chi connectivity index (χ2n) is 40.3. The van der Waals surface area contributed by atoms with Crippen LogP contribution in [-0.4, -0.2) is 69.4 Å². The van der Waals surface area contributed by atoms with Crippen LogP contribution in [0.4, 0.5) is 0 Å².